The lowest BCUT2D eigenvalue weighted by Crippen LogP contribution is -2.31. The summed E-state index contributed by atoms with van der Waals surface area (Å²) < 4.78 is 64.7. The second-order valence-corrected chi connectivity index (χ2v) is 9.15. The molecule has 13 heteroatoms. The van der Waals surface area contributed by atoms with Crippen molar-refractivity contribution >= 4 is 39.1 Å². The largest absolute Gasteiger partial charge is 0.421 e. The van der Waals surface area contributed by atoms with Crippen LogP contribution in [0, 0.1) is 0 Å². The molecule has 0 fully saturated rings. The van der Waals surface area contributed by atoms with Gasteiger partial charge in [0.1, 0.15) is 11.4 Å². The minimum atomic E-state index is -4.67. The number of sulfonamides is 1. The second-order valence-electron chi connectivity index (χ2n) is 7.17. The van der Waals surface area contributed by atoms with Crippen LogP contribution in [-0.4, -0.2) is 54.5 Å². The molecule has 174 valence electrons. The lowest BCUT2D eigenvalue weighted by molar-refractivity contribution is -0.137. The Hall–Kier alpha value is -2.93. The molecular formula is C19H23F3N6O3S. The summed E-state index contributed by atoms with van der Waals surface area (Å²) in [5, 5.41) is 8.20. The third kappa shape index (κ3) is 5.65. The number of aromatic nitrogens is 2. The summed E-state index contributed by atoms with van der Waals surface area (Å²) in [5.41, 5.74) is 0.777. The average Bonchev–Trinajstić information content (AvgIpc) is 3.07. The van der Waals surface area contributed by atoms with Crippen LogP contribution < -0.4 is 16.0 Å². The summed E-state index contributed by atoms with van der Waals surface area (Å²) in [6.07, 6.45) is -2.49. The fraction of sp³-hybridized carbons (Fsp3) is 0.421. The van der Waals surface area contributed by atoms with Crippen LogP contribution in [0.3, 0.4) is 0 Å². The Morgan fingerprint density at radius 2 is 2.03 bits per heavy atom. The number of alkyl halides is 3. The number of anilines is 4. The first kappa shape index (κ1) is 23.7. The molecule has 0 radical (unpaired) electrons. The first-order valence-electron chi connectivity index (χ1n) is 9.81. The average molecular weight is 472 g/mol. The number of carbonyl (C=O) groups is 1. The van der Waals surface area contributed by atoms with Crippen LogP contribution in [0.2, 0.25) is 0 Å². The van der Waals surface area contributed by atoms with Crippen LogP contribution in [0.5, 0.6) is 0 Å². The highest BCUT2D eigenvalue weighted by Crippen LogP contribution is 2.35. The van der Waals surface area contributed by atoms with E-state index < -0.39 is 27.6 Å². The molecule has 2 aromatic rings. The molecule has 1 aliphatic heterocycles. The molecule has 0 spiro atoms. The Morgan fingerprint density at radius 3 is 2.69 bits per heavy atom. The Labute approximate surface area is 183 Å². The molecule has 32 heavy (non-hydrogen) atoms. The number of nitrogens with one attached hydrogen (secondary N) is 3. The lowest BCUT2D eigenvalue weighted by Gasteiger charge is -2.19. The molecule has 0 saturated carbocycles. The zero-order chi connectivity index (χ0) is 23.5. The third-order valence-corrected chi connectivity index (χ3v) is 6.21. The molecule has 3 rings (SSSR count). The highest BCUT2D eigenvalue weighted by atomic mass is 32.2. The molecule has 0 unspecified atom stereocenters. The van der Waals surface area contributed by atoms with Gasteiger partial charge in [0.05, 0.1) is 12.7 Å². The van der Waals surface area contributed by atoms with Crippen molar-refractivity contribution in [3.8, 4) is 0 Å². The van der Waals surface area contributed by atoms with Crippen LogP contribution in [0.4, 0.5) is 36.3 Å². The Morgan fingerprint density at radius 1 is 1.28 bits per heavy atom. The molecule has 0 saturated heterocycles. The summed E-state index contributed by atoms with van der Waals surface area (Å²) in [6.45, 7) is 2.19. The number of halogens is 3. The summed E-state index contributed by atoms with van der Waals surface area (Å²) >= 11 is 0. The van der Waals surface area contributed by atoms with Crippen molar-refractivity contribution in [1.29, 1.82) is 0 Å². The van der Waals surface area contributed by atoms with E-state index in [0.717, 1.165) is 6.26 Å². The molecule has 3 N–H and O–H groups in total. The zero-order valence-electron chi connectivity index (χ0n) is 17.5. The zero-order valence-corrected chi connectivity index (χ0v) is 18.3. The van der Waals surface area contributed by atoms with Gasteiger partial charge in [-0.15, -0.1) is 0 Å². The second kappa shape index (κ2) is 9.28. The normalized spacial score (nSPS) is 13.8. The molecular weight excluding hydrogens is 449 g/mol. The molecule has 0 bridgehead atoms. The van der Waals surface area contributed by atoms with Gasteiger partial charge in [0.25, 0.3) is 0 Å². The number of nitrogens with zero attached hydrogens (tertiary/aromatic N) is 3. The van der Waals surface area contributed by atoms with Gasteiger partial charge in [-0.05, 0) is 18.6 Å². The van der Waals surface area contributed by atoms with Gasteiger partial charge in [0.2, 0.25) is 21.9 Å². The maximum atomic E-state index is 13.4. The summed E-state index contributed by atoms with van der Waals surface area (Å²) in [7, 11) is -3.38. The van der Waals surface area contributed by atoms with E-state index in [4.69, 9.17) is 0 Å². The SMILES string of the molecule is CCN(CCCNc1nc(Nc2cccc3c2CC(=O)N3)ncc1C(F)(F)F)S(C)(=O)=O. The standard InChI is InChI=1S/C19H23F3N6O3S/c1-3-28(32(2,30)31)9-5-8-23-17-13(19(20,21)22)11-24-18(27-17)26-15-7-4-6-14-12(15)10-16(29)25-14/h4,6-7,11H,3,5,8-10H2,1-2H3,(H,25,29)(H2,23,24,26,27). The number of hydrogen-bond acceptors (Lipinski definition) is 7. The number of carbonyl (C=O) groups excluding carboxylic acids is 1. The topological polar surface area (TPSA) is 116 Å². The Balaban J connectivity index is 1.76. The Bertz CT molecular complexity index is 1110. The number of rotatable bonds is 9. The van der Waals surface area contributed by atoms with E-state index in [0.29, 0.717) is 23.1 Å². The fourth-order valence-corrected chi connectivity index (χ4v) is 4.22. The first-order chi connectivity index (χ1) is 15.0. The van der Waals surface area contributed by atoms with Gasteiger partial charge in [-0.1, -0.05) is 13.0 Å². The molecule has 1 amide bonds. The van der Waals surface area contributed by atoms with Crippen molar-refractivity contribution in [3.63, 3.8) is 0 Å². The highest BCUT2D eigenvalue weighted by molar-refractivity contribution is 7.88. The monoisotopic (exact) mass is 472 g/mol. The minimum Gasteiger partial charge on any atom is -0.369 e. The molecule has 2 heterocycles. The predicted octanol–water partition coefficient (Wildman–Crippen LogP) is 2.82. The van der Waals surface area contributed by atoms with Crippen molar-refractivity contribution in [2.45, 2.75) is 25.9 Å². The molecule has 0 atom stereocenters. The van der Waals surface area contributed by atoms with Crippen LogP contribution in [-0.2, 0) is 27.4 Å². The van der Waals surface area contributed by atoms with Crippen LogP contribution >= 0.6 is 0 Å². The fourth-order valence-electron chi connectivity index (χ4n) is 3.29. The molecule has 0 aliphatic carbocycles. The molecule has 1 aliphatic rings. The number of benzene rings is 1. The van der Waals surface area contributed by atoms with Gasteiger partial charge in [-0.2, -0.15) is 18.2 Å². The third-order valence-electron chi connectivity index (χ3n) is 4.83. The van der Waals surface area contributed by atoms with Crippen LogP contribution in [0.25, 0.3) is 0 Å². The van der Waals surface area contributed by atoms with Crippen molar-refractivity contribution in [1.82, 2.24) is 14.3 Å². The first-order valence-corrected chi connectivity index (χ1v) is 11.7. The van der Waals surface area contributed by atoms with Gasteiger partial charge in [0, 0.05) is 42.8 Å². The summed E-state index contributed by atoms with van der Waals surface area (Å²) in [6, 6.07) is 5.09. The highest BCUT2D eigenvalue weighted by Gasteiger charge is 2.35. The van der Waals surface area contributed by atoms with Crippen molar-refractivity contribution in [2.24, 2.45) is 0 Å². The van der Waals surface area contributed by atoms with E-state index in [1.807, 2.05) is 0 Å². The van der Waals surface area contributed by atoms with Crippen molar-refractivity contribution < 1.29 is 26.4 Å². The van der Waals surface area contributed by atoms with E-state index in [1.54, 1.807) is 25.1 Å². The molecule has 1 aromatic heterocycles. The van der Waals surface area contributed by atoms with Gasteiger partial charge in [0.15, 0.2) is 0 Å². The van der Waals surface area contributed by atoms with E-state index in [-0.39, 0.29) is 44.3 Å². The summed E-state index contributed by atoms with van der Waals surface area (Å²) in [4.78, 5) is 19.4. The smallest absolute Gasteiger partial charge is 0.369 e. The predicted molar refractivity (Wildman–Crippen MR) is 114 cm³/mol. The minimum absolute atomic E-state index is 0.0698. The van der Waals surface area contributed by atoms with Gasteiger partial charge in [-0.3, -0.25) is 4.79 Å². The number of hydrogen-bond donors (Lipinski definition) is 3. The maximum absolute atomic E-state index is 13.4. The molecule has 1 aromatic carbocycles. The van der Waals surface area contributed by atoms with Crippen molar-refractivity contribution in [2.75, 3.05) is 41.8 Å². The summed E-state index contributed by atoms with van der Waals surface area (Å²) in [5.74, 6) is -0.668. The van der Waals surface area contributed by atoms with Gasteiger partial charge < -0.3 is 16.0 Å². The maximum Gasteiger partial charge on any atom is 0.421 e. The Kier molecular flexibility index (Phi) is 6.88. The number of fused-ring (bicyclic) bond motifs is 1. The van der Waals surface area contributed by atoms with Gasteiger partial charge >= 0.3 is 6.18 Å². The van der Waals surface area contributed by atoms with E-state index in [1.165, 1.54) is 4.31 Å². The van der Waals surface area contributed by atoms with E-state index in [9.17, 15) is 26.4 Å². The van der Waals surface area contributed by atoms with Crippen LogP contribution in [0.15, 0.2) is 24.4 Å². The van der Waals surface area contributed by atoms with Gasteiger partial charge in [-0.25, -0.2) is 17.7 Å². The van der Waals surface area contributed by atoms with E-state index >= 15 is 0 Å². The van der Waals surface area contributed by atoms with Crippen molar-refractivity contribution in [3.05, 3.63) is 35.5 Å². The molecule has 9 nitrogen and oxygen atoms in total. The lowest BCUT2D eigenvalue weighted by atomic mass is 10.1. The number of amides is 1. The van der Waals surface area contributed by atoms with Crippen LogP contribution in [0.1, 0.15) is 24.5 Å². The quantitative estimate of drug-likeness (QED) is 0.481. The van der Waals surface area contributed by atoms with E-state index in [2.05, 4.69) is 25.9 Å².